The number of Topliss-reactive ketones (excluding diaryl/α,β-unsaturated/α-hetero) is 1. The number of hydrogen-bond donors (Lipinski definition) is 1. The van der Waals surface area contributed by atoms with Gasteiger partial charge in [-0.05, 0) is 19.1 Å². The van der Waals surface area contributed by atoms with Crippen LogP contribution in [0.5, 0.6) is 17.2 Å². The number of alkyl halides is 3. The van der Waals surface area contributed by atoms with Crippen LogP contribution in [0.2, 0.25) is 0 Å². The van der Waals surface area contributed by atoms with Crippen LogP contribution in [-0.4, -0.2) is 72.9 Å². The number of aromatic hydroxyl groups is 1. The predicted molar refractivity (Wildman–Crippen MR) is 114 cm³/mol. The van der Waals surface area contributed by atoms with Gasteiger partial charge in [-0.25, -0.2) is 0 Å². The standard InChI is InChI=1S/C23H25F3N2O6/c1-13(29)14-4-5-17(27-11-14)16(22-18(30)8-15(32-2)9-19(22)33-3)10-21(31)28-6-7-34-20(12-28)23(24,25)26/h4-5,8-9,11,16,20,30H,6-7,10,12H2,1-3H3. The molecule has 2 aromatic rings. The summed E-state index contributed by atoms with van der Waals surface area (Å²) < 4.78 is 54.7. The van der Waals surface area contributed by atoms with Crippen LogP contribution >= 0.6 is 0 Å². The topological polar surface area (TPSA) is 98.2 Å². The van der Waals surface area contributed by atoms with E-state index in [4.69, 9.17) is 14.2 Å². The van der Waals surface area contributed by atoms with Gasteiger partial charge in [0.15, 0.2) is 11.9 Å². The summed E-state index contributed by atoms with van der Waals surface area (Å²) in [5, 5.41) is 10.7. The molecule has 0 bridgehead atoms. The smallest absolute Gasteiger partial charge is 0.416 e. The van der Waals surface area contributed by atoms with Crippen LogP contribution in [0.4, 0.5) is 13.2 Å². The lowest BCUT2D eigenvalue weighted by atomic mass is 9.89. The lowest BCUT2D eigenvalue weighted by Crippen LogP contribution is -2.51. The summed E-state index contributed by atoms with van der Waals surface area (Å²) >= 11 is 0. The summed E-state index contributed by atoms with van der Waals surface area (Å²) in [7, 11) is 2.78. The van der Waals surface area contributed by atoms with Crippen molar-refractivity contribution in [3.8, 4) is 17.2 Å². The number of rotatable bonds is 7. The first kappa shape index (κ1) is 25.3. The monoisotopic (exact) mass is 482 g/mol. The van der Waals surface area contributed by atoms with Crippen molar-refractivity contribution in [2.24, 2.45) is 0 Å². The molecule has 2 atom stereocenters. The maximum atomic E-state index is 13.1. The first-order valence-electron chi connectivity index (χ1n) is 10.4. The Labute approximate surface area is 194 Å². The van der Waals surface area contributed by atoms with Gasteiger partial charge in [-0.3, -0.25) is 14.6 Å². The summed E-state index contributed by atoms with van der Waals surface area (Å²) in [5.74, 6) is -1.37. The Morgan fingerprint density at radius 3 is 2.56 bits per heavy atom. The average molecular weight is 482 g/mol. The molecule has 1 aliphatic rings. The van der Waals surface area contributed by atoms with Gasteiger partial charge in [0.05, 0.1) is 27.4 Å². The second kappa shape index (κ2) is 10.3. The van der Waals surface area contributed by atoms with Crippen LogP contribution in [0.1, 0.15) is 40.9 Å². The minimum Gasteiger partial charge on any atom is -0.507 e. The number of phenols is 1. The molecular weight excluding hydrogens is 457 g/mol. The molecule has 34 heavy (non-hydrogen) atoms. The van der Waals surface area contributed by atoms with Gasteiger partial charge in [0.1, 0.15) is 17.2 Å². The molecule has 0 saturated carbocycles. The fourth-order valence-electron chi connectivity index (χ4n) is 3.78. The van der Waals surface area contributed by atoms with E-state index in [1.165, 1.54) is 51.6 Å². The van der Waals surface area contributed by atoms with Gasteiger partial charge in [-0.15, -0.1) is 0 Å². The third-order valence-electron chi connectivity index (χ3n) is 5.61. The molecule has 1 N–H and O–H groups in total. The van der Waals surface area contributed by atoms with Crippen LogP contribution in [0.15, 0.2) is 30.5 Å². The van der Waals surface area contributed by atoms with Gasteiger partial charge >= 0.3 is 6.18 Å². The molecule has 1 saturated heterocycles. The molecule has 1 aromatic heterocycles. The highest BCUT2D eigenvalue weighted by molar-refractivity contribution is 5.93. The first-order valence-corrected chi connectivity index (χ1v) is 10.4. The Hall–Kier alpha value is -3.34. The van der Waals surface area contributed by atoms with E-state index in [0.717, 1.165) is 4.90 Å². The largest absolute Gasteiger partial charge is 0.507 e. The fraction of sp³-hybridized carbons (Fsp3) is 0.435. The maximum Gasteiger partial charge on any atom is 0.416 e. The van der Waals surface area contributed by atoms with E-state index < -0.39 is 30.7 Å². The lowest BCUT2D eigenvalue weighted by molar-refractivity contribution is -0.236. The Morgan fingerprint density at radius 1 is 1.26 bits per heavy atom. The van der Waals surface area contributed by atoms with Gasteiger partial charge in [0, 0.05) is 54.0 Å². The van der Waals surface area contributed by atoms with Crippen LogP contribution in [0.25, 0.3) is 0 Å². The highest BCUT2D eigenvalue weighted by Gasteiger charge is 2.44. The van der Waals surface area contributed by atoms with E-state index in [1.807, 2.05) is 0 Å². The summed E-state index contributed by atoms with van der Waals surface area (Å²) in [4.78, 5) is 30.1. The average Bonchev–Trinajstić information content (AvgIpc) is 2.81. The van der Waals surface area contributed by atoms with Crippen molar-refractivity contribution in [2.45, 2.75) is 31.5 Å². The third-order valence-corrected chi connectivity index (χ3v) is 5.61. The molecule has 0 aliphatic carbocycles. The number of phenolic OH excluding ortho intramolecular Hbond substituents is 1. The number of carbonyl (C=O) groups excluding carboxylic acids is 2. The van der Waals surface area contributed by atoms with Crippen LogP contribution in [0, 0.1) is 0 Å². The molecular formula is C23H25F3N2O6. The number of benzene rings is 1. The number of amides is 1. The minimum atomic E-state index is -4.60. The Kier molecular flexibility index (Phi) is 7.65. The molecule has 1 aromatic carbocycles. The summed E-state index contributed by atoms with van der Waals surface area (Å²) in [6.07, 6.45) is -5.62. The van der Waals surface area contributed by atoms with Crippen molar-refractivity contribution in [1.82, 2.24) is 9.88 Å². The number of methoxy groups -OCH3 is 2. The zero-order valence-corrected chi connectivity index (χ0v) is 18.9. The van der Waals surface area contributed by atoms with Gasteiger partial charge in [-0.2, -0.15) is 13.2 Å². The number of morpholine rings is 1. The number of aromatic nitrogens is 1. The number of pyridine rings is 1. The minimum absolute atomic E-state index is 0.000561. The number of hydrogen-bond acceptors (Lipinski definition) is 7. The number of halogens is 3. The number of carbonyl (C=O) groups is 2. The Balaban J connectivity index is 1.99. The van der Waals surface area contributed by atoms with Gasteiger partial charge in [0.25, 0.3) is 0 Å². The normalized spacial score (nSPS) is 17.2. The Bertz CT molecular complexity index is 1040. The van der Waals surface area contributed by atoms with E-state index in [-0.39, 0.29) is 42.4 Å². The summed E-state index contributed by atoms with van der Waals surface area (Å²) in [5.41, 5.74) is 0.902. The van der Waals surface area contributed by atoms with Crippen molar-refractivity contribution < 1.29 is 42.1 Å². The maximum absolute atomic E-state index is 13.1. The Morgan fingerprint density at radius 2 is 2.00 bits per heavy atom. The van der Waals surface area contributed by atoms with Crippen molar-refractivity contribution >= 4 is 11.7 Å². The lowest BCUT2D eigenvalue weighted by Gasteiger charge is -2.34. The van der Waals surface area contributed by atoms with Crippen LogP contribution in [0.3, 0.4) is 0 Å². The predicted octanol–water partition coefficient (Wildman–Crippen LogP) is 3.32. The molecule has 1 fully saturated rings. The second-order valence-corrected chi connectivity index (χ2v) is 7.79. The van der Waals surface area contributed by atoms with Gasteiger partial charge in [0.2, 0.25) is 5.91 Å². The quantitative estimate of drug-likeness (QED) is 0.605. The van der Waals surface area contributed by atoms with E-state index in [1.54, 1.807) is 0 Å². The molecule has 0 radical (unpaired) electrons. The molecule has 2 heterocycles. The first-order chi connectivity index (χ1) is 16.0. The number of nitrogens with zero attached hydrogens (tertiary/aromatic N) is 2. The second-order valence-electron chi connectivity index (χ2n) is 7.79. The fourth-order valence-corrected chi connectivity index (χ4v) is 3.78. The molecule has 0 spiro atoms. The molecule has 11 heteroatoms. The van der Waals surface area contributed by atoms with Crippen LogP contribution in [-0.2, 0) is 9.53 Å². The van der Waals surface area contributed by atoms with E-state index in [0.29, 0.717) is 17.0 Å². The molecule has 184 valence electrons. The van der Waals surface area contributed by atoms with Crippen molar-refractivity contribution in [2.75, 3.05) is 33.9 Å². The van der Waals surface area contributed by atoms with Crippen molar-refractivity contribution in [3.05, 3.63) is 47.3 Å². The van der Waals surface area contributed by atoms with E-state index >= 15 is 0 Å². The molecule has 1 amide bonds. The third kappa shape index (κ3) is 5.58. The number of ether oxygens (including phenoxy) is 3. The molecule has 2 unspecified atom stereocenters. The van der Waals surface area contributed by atoms with Crippen molar-refractivity contribution in [1.29, 1.82) is 0 Å². The molecule has 8 nitrogen and oxygen atoms in total. The highest BCUT2D eigenvalue weighted by atomic mass is 19.4. The van der Waals surface area contributed by atoms with E-state index in [2.05, 4.69) is 4.98 Å². The zero-order valence-electron chi connectivity index (χ0n) is 18.9. The molecule has 1 aliphatic heterocycles. The summed E-state index contributed by atoms with van der Waals surface area (Å²) in [6, 6.07) is 5.93. The number of ketones is 1. The zero-order chi connectivity index (χ0) is 25.0. The van der Waals surface area contributed by atoms with Gasteiger partial charge < -0.3 is 24.2 Å². The van der Waals surface area contributed by atoms with Crippen LogP contribution < -0.4 is 9.47 Å². The van der Waals surface area contributed by atoms with Gasteiger partial charge in [-0.1, -0.05) is 0 Å². The van der Waals surface area contributed by atoms with E-state index in [9.17, 15) is 27.9 Å². The van der Waals surface area contributed by atoms with Crippen molar-refractivity contribution in [3.63, 3.8) is 0 Å². The summed E-state index contributed by atoms with van der Waals surface area (Å²) in [6.45, 7) is 0.507. The molecule has 3 rings (SSSR count). The SMILES string of the molecule is COc1cc(O)c(C(CC(=O)N2CCOC(C(F)(F)F)C2)c2ccc(C(C)=O)cn2)c(OC)c1. The highest BCUT2D eigenvalue weighted by Crippen LogP contribution is 2.42.